The SMILES string of the molecule is CCOC(=O)CCS[C@@H]1Cc2ccc(O)cc2C(C)(C)[C@H]1N.Cl. The van der Waals surface area contributed by atoms with Crippen molar-refractivity contribution < 1.29 is 14.6 Å². The van der Waals surface area contributed by atoms with E-state index in [0.29, 0.717) is 13.0 Å². The number of thioether (sulfide) groups is 1. The number of carbonyl (C=O) groups excluding carboxylic acids is 1. The molecule has 0 fully saturated rings. The van der Waals surface area contributed by atoms with Crippen molar-refractivity contribution in [1.29, 1.82) is 0 Å². The molecule has 6 heteroatoms. The Hall–Kier alpha value is -0.910. The Labute approximate surface area is 148 Å². The molecule has 0 unspecified atom stereocenters. The van der Waals surface area contributed by atoms with E-state index >= 15 is 0 Å². The summed E-state index contributed by atoms with van der Waals surface area (Å²) in [5.74, 6) is 0.858. The predicted molar refractivity (Wildman–Crippen MR) is 97.6 cm³/mol. The van der Waals surface area contributed by atoms with Gasteiger partial charge in [-0.05, 0) is 36.6 Å². The molecular weight excluding hydrogens is 334 g/mol. The van der Waals surface area contributed by atoms with Gasteiger partial charge in [0.25, 0.3) is 0 Å². The second kappa shape index (κ2) is 8.27. The summed E-state index contributed by atoms with van der Waals surface area (Å²) in [4.78, 5) is 11.4. The van der Waals surface area contributed by atoms with Gasteiger partial charge in [-0.3, -0.25) is 4.79 Å². The molecule has 3 N–H and O–H groups in total. The van der Waals surface area contributed by atoms with Crippen molar-refractivity contribution in [3.63, 3.8) is 0 Å². The maximum Gasteiger partial charge on any atom is 0.306 e. The van der Waals surface area contributed by atoms with Crippen LogP contribution < -0.4 is 5.73 Å². The van der Waals surface area contributed by atoms with Gasteiger partial charge in [0, 0.05) is 22.5 Å². The largest absolute Gasteiger partial charge is 0.508 e. The molecule has 1 aromatic carbocycles. The van der Waals surface area contributed by atoms with Crippen LogP contribution in [0.2, 0.25) is 0 Å². The van der Waals surface area contributed by atoms with Gasteiger partial charge in [0.05, 0.1) is 13.0 Å². The molecule has 0 bridgehead atoms. The van der Waals surface area contributed by atoms with E-state index in [4.69, 9.17) is 10.5 Å². The molecule has 0 spiro atoms. The summed E-state index contributed by atoms with van der Waals surface area (Å²) in [6, 6.07) is 5.52. The third-order valence-electron chi connectivity index (χ3n) is 4.39. The Morgan fingerprint density at radius 1 is 1.48 bits per heavy atom. The van der Waals surface area contributed by atoms with Gasteiger partial charge in [0.1, 0.15) is 5.75 Å². The predicted octanol–water partition coefficient (Wildman–Crippen LogP) is 3.03. The molecule has 23 heavy (non-hydrogen) atoms. The highest BCUT2D eigenvalue weighted by atomic mass is 35.5. The minimum absolute atomic E-state index is 0. The molecule has 0 amide bonds. The van der Waals surface area contributed by atoms with Gasteiger partial charge in [-0.15, -0.1) is 12.4 Å². The zero-order valence-corrected chi connectivity index (χ0v) is 15.5. The molecule has 0 saturated carbocycles. The highest BCUT2D eigenvalue weighted by Crippen LogP contribution is 2.41. The lowest BCUT2D eigenvalue weighted by atomic mass is 9.69. The molecule has 0 radical (unpaired) electrons. The summed E-state index contributed by atoms with van der Waals surface area (Å²) in [6.07, 6.45) is 1.29. The molecule has 2 rings (SSSR count). The Bertz CT molecular complexity index is 551. The zero-order valence-electron chi connectivity index (χ0n) is 13.9. The van der Waals surface area contributed by atoms with E-state index in [2.05, 4.69) is 13.8 Å². The first kappa shape index (κ1) is 20.1. The zero-order chi connectivity index (χ0) is 16.3. The average Bonchev–Trinajstić information content (AvgIpc) is 2.46. The number of halogens is 1. The number of esters is 1. The van der Waals surface area contributed by atoms with Gasteiger partial charge in [-0.2, -0.15) is 11.8 Å². The average molecular weight is 360 g/mol. The fraction of sp³-hybridized carbons (Fsp3) is 0.588. The lowest BCUT2D eigenvalue weighted by Gasteiger charge is -2.43. The summed E-state index contributed by atoms with van der Waals surface area (Å²) < 4.78 is 4.96. The molecule has 130 valence electrons. The Morgan fingerprint density at radius 2 is 2.17 bits per heavy atom. The highest BCUT2D eigenvalue weighted by molar-refractivity contribution is 8.00. The van der Waals surface area contributed by atoms with Crippen LogP contribution in [0.1, 0.15) is 38.3 Å². The first-order chi connectivity index (χ1) is 10.4. The van der Waals surface area contributed by atoms with E-state index in [1.807, 2.05) is 19.1 Å². The van der Waals surface area contributed by atoms with Crippen LogP contribution in [0.3, 0.4) is 0 Å². The van der Waals surface area contributed by atoms with Crippen LogP contribution in [-0.4, -0.2) is 34.7 Å². The van der Waals surface area contributed by atoms with E-state index < -0.39 is 0 Å². The van der Waals surface area contributed by atoms with Gasteiger partial charge < -0.3 is 15.6 Å². The number of hydrogen-bond acceptors (Lipinski definition) is 5. The summed E-state index contributed by atoms with van der Waals surface area (Å²) in [5.41, 5.74) is 8.64. The van der Waals surface area contributed by atoms with Crippen LogP contribution in [0.25, 0.3) is 0 Å². The maximum atomic E-state index is 11.4. The number of phenols is 1. The third kappa shape index (κ3) is 4.55. The third-order valence-corrected chi connectivity index (χ3v) is 5.71. The van der Waals surface area contributed by atoms with E-state index in [1.54, 1.807) is 17.8 Å². The summed E-state index contributed by atoms with van der Waals surface area (Å²) in [6.45, 7) is 6.48. The van der Waals surface area contributed by atoms with Crippen molar-refractivity contribution in [3.05, 3.63) is 29.3 Å². The van der Waals surface area contributed by atoms with Crippen LogP contribution in [0.4, 0.5) is 0 Å². The highest BCUT2D eigenvalue weighted by Gasteiger charge is 2.40. The number of aromatic hydroxyl groups is 1. The molecule has 0 aromatic heterocycles. The second-order valence-electron chi connectivity index (χ2n) is 6.26. The lowest BCUT2D eigenvalue weighted by Crippen LogP contribution is -2.52. The molecule has 0 saturated heterocycles. The van der Waals surface area contributed by atoms with Crippen LogP contribution in [0, 0.1) is 0 Å². The summed E-state index contributed by atoms with van der Waals surface area (Å²) >= 11 is 1.74. The van der Waals surface area contributed by atoms with E-state index in [-0.39, 0.29) is 40.8 Å². The molecule has 0 aliphatic heterocycles. The van der Waals surface area contributed by atoms with Crippen LogP contribution >= 0.6 is 24.2 Å². The van der Waals surface area contributed by atoms with Crippen LogP contribution in [0.15, 0.2) is 18.2 Å². The topological polar surface area (TPSA) is 72.5 Å². The molecule has 2 atom stereocenters. The van der Waals surface area contributed by atoms with Crippen molar-refractivity contribution in [3.8, 4) is 5.75 Å². The first-order valence-corrected chi connectivity index (χ1v) is 8.76. The number of phenolic OH excluding ortho intramolecular Hbond substituents is 1. The summed E-state index contributed by atoms with van der Waals surface area (Å²) in [7, 11) is 0. The number of benzene rings is 1. The van der Waals surface area contributed by atoms with Crippen molar-refractivity contribution in [2.45, 2.75) is 50.3 Å². The minimum Gasteiger partial charge on any atom is -0.508 e. The van der Waals surface area contributed by atoms with Crippen LogP contribution in [-0.2, 0) is 21.4 Å². The van der Waals surface area contributed by atoms with Gasteiger partial charge >= 0.3 is 5.97 Å². The fourth-order valence-electron chi connectivity index (χ4n) is 3.02. The number of rotatable bonds is 5. The van der Waals surface area contributed by atoms with E-state index in [1.165, 1.54) is 5.56 Å². The van der Waals surface area contributed by atoms with Gasteiger partial charge in [-0.25, -0.2) is 0 Å². The van der Waals surface area contributed by atoms with Gasteiger partial charge in [0.15, 0.2) is 0 Å². The van der Waals surface area contributed by atoms with Crippen molar-refractivity contribution in [1.82, 2.24) is 0 Å². The number of carbonyl (C=O) groups is 1. The standard InChI is InChI=1S/C17H25NO3S.ClH/c1-4-21-15(20)7-8-22-14-9-11-5-6-12(19)10-13(11)17(2,3)16(14)18;/h5-6,10,14,16,19H,4,7-9,18H2,1-3H3;1H/t14-,16+;/m1./s1. The molecular formula is C17H26ClNO3S. The maximum absolute atomic E-state index is 11.4. The van der Waals surface area contributed by atoms with Crippen molar-refractivity contribution >= 4 is 30.1 Å². The Morgan fingerprint density at radius 3 is 2.83 bits per heavy atom. The molecule has 1 aliphatic carbocycles. The molecule has 0 heterocycles. The Balaban J connectivity index is 0.00000264. The lowest BCUT2D eigenvalue weighted by molar-refractivity contribution is -0.142. The van der Waals surface area contributed by atoms with Gasteiger partial charge in [0.2, 0.25) is 0 Å². The van der Waals surface area contributed by atoms with E-state index in [9.17, 15) is 9.90 Å². The quantitative estimate of drug-likeness (QED) is 0.790. The Kier molecular flexibility index (Phi) is 7.24. The number of hydrogen-bond donors (Lipinski definition) is 2. The monoisotopic (exact) mass is 359 g/mol. The summed E-state index contributed by atoms with van der Waals surface area (Å²) in [5, 5.41) is 9.99. The van der Waals surface area contributed by atoms with E-state index in [0.717, 1.165) is 17.7 Å². The van der Waals surface area contributed by atoms with Crippen LogP contribution in [0.5, 0.6) is 5.75 Å². The first-order valence-electron chi connectivity index (χ1n) is 7.71. The number of nitrogens with two attached hydrogens (primary N) is 1. The molecule has 1 aliphatic rings. The molecule has 4 nitrogen and oxygen atoms in total. The smallest absolute Gasteiger partial charge is 0.306 e. The fourth-order valence-corrected chi connectivity index (χ4v) is 4.45. The molecule has 1 aromatic rings. The van der Waals surface area contributed by atoms with Gasteiger partial charge in [-0.1, -0.05) is 19.9 Å². The number of ether oxygens (including phenoxy) is 1. The minimum atomic E-state index is -0.200. The normalized spacial score (nSPS) is 21.9. The number of fused-ring (bicyclic) bond motifs is 1. The van der Waals surface area contributed by atoms with Crippen molar-refractivity contribution in [2.24, 2.45) is 5.73 Å². The second-order valence-corrected chi connectivity index (χ2v) is 7.60. The van der Waals surface area contributed by atoms with Crippen molar-refractivity contribution in [2.75, 3.05) is 12.4 Å².